The van der Waals surface area contributed by atoms with Crippen molar-refractivity contribution in [3.05, 3.63) is 111 Å². The Morgan fingerprint density at radius 1 is 0.949 bits per heavy atom. The molecule has 1 aromatic heterocycles. The largest absolute Gasteiger partial charge is 0.416 e. The highest BCUT2D eigenvalue weighted by atomic mass is 35.5. The van der Waals surface area contributed by atoms with E-state index in [1.807, 2.05) is 0 Å². The Hall–Kier alpha value is -3.99. The molecule has 204 valence electrons. The monoisotopic (exact) mass is 564 g/mol. The van der Waals surface area contributed by atoms with Gasteiger partial charge in [0.2, 0.25) is 5.91 Å². The fourth-order valence-corrected chi connectivity index (χ4v) is 4.15. The van der Waals surface area contributed by atoms with Crippen molar-refractivity contribution in [2.24, 2.45) is 0 Å². The molecule has 12 heteroatoms. The van der Waals surface area contributed by atoms with E-state index in [1.54, 1.807) is 24.3 Å². The van der Waals surface area contributed by atoms with Crippen molar-refractivity contribution < 1.29 is 26.7 Å². The third kappa shape index (κ3) is 6.19. The molecular formula is C27H22ClF5N4O2. The van der Waals surface area contributed by atoms with Crippen molar-refractivity contribution >= 4 is 17.5 Å². The smallest absolute Gasteiger partial charge is 0.346 e. The number of rotatable bonds is 7. The van der Waals surface area contributed by atoms with Crippen LogP contribution in [0.4, 0.5) is 22.0 Å². The number of aromatic nitrogens is 3. The Kier molecular flexibility index (Phi) is 7.65. The molecule has 6 nitrogen and oxygen atoms in total. The molecule has 39 heavy (non-hydrogen) atoms. The Morgan fingerprint density at radius 2 is 1.54 bits per heavy atom. The Morgan fingerprint density at radius 3 is 2.15 bits per heavy atom. The number of nitrogens with one attached hydrogen (secondary N) is 1. The van der Waals surface area contributed by atoms with Crippen LogP contribution in [0.5, 0.6) is 0 Å². The molecule has 0 aliphatic rings. The molecule has 1 heterocycles. The van der Waals surface area contributed by atoms with Gasteiger partial charge in [0.1, 0.15) is 18.2 Å². The standard InChI is InChI=1S/C27H22ClF5N4O2/c1-26(2,17-5-3-6-18(13-17)27(31,32)33)34-23(38)15-37-25(39)36(14-20-21(29)7-4-8-22(20)30)24(35-37)16-9-11-19(28)12-10-16/h3-13H,14-15H2,1-2H3,(H,34,38). The van der Waals surface area contributed by atoms with Crippen molar-refractivity contribution in [3.8, 4) is 11.4 Å². The van der Waals surface area contributed by atoms with Gasteiger partial charge in [-0.05, 0) is 67.9 Å². The minimum absolute atomic E-state index is 0.0317. The molecule has 4 rings (SSSR count). The molecule has 1 amide bonds. The van der Waals surface area contributed by atoms with Crippen LogP contribution in [0.15, 0.2) is 71.5 Å². The van der Waals surface area contributed by atoms with E-state index in [-0.39, 0.29) is 17.0 Å². The SMILES string of the molecule is CC(C)(NC(=O)Cn1nc(-c2ccc(Cl)cc2)n(Cc2c(F)cccc2F)c1=O)c1cccc(C(F)(F)F)c1. The van der Waals surface area contributed by atoms with E-state index in [1.165, 1.54) is 32.0 Å². The Balaban J connectivity index is 1.66. The van der Waals surface area contributed by atoms with Gasteiger partial charge in [-0.3, -0.25) is 9.36 Å². The molecule has 1 N–H and O–H groups in total. The molecule has 0 aliphatic heterocycles. The summed E-state index contributed by atoms with van der Waals surface area (Å²) in [5, 5.41) is 7.25. The number of carbonyl (C=O) groups is 1. The van der Waals surface area contributed by atoms with Gasteiger partial charge in [0.15, 0.2) is 5.82 Å². The van der Waals surface area contributed by atoms with Crippen LogP contribution in [0.3, 0.4) is 0 Å². The predicted octanol–water partition coefficient (Wildman–Crippen LogP) is 5.76. The van der Waals surface area contributed by atoms with Crippen molar-refractivity contribution in [3.63, 3.8) is 0 Å². The number of amides is 1. The minimum Gasteiger partial charge on any atom is -0.346 e. The van der Waals surface area contributed by atoms with Crippen LogP contribution >= 0.6 is 11.6 Å². The van der Waals surface area contributed by atoms with Crippen LogP contribution < -0.4 is 11.0 Å². The summed E-state index contributed by atoms with van der Waals surface area (Å²) >= 11 is 5.95. The third-order valence-electron chi connectivity index (χ3n) is 6.06. The van der Waals surface area contributed by atoms with E-state index < -0.39 is 53.6 Å². The molecule has 0 fully saturated rings. The number of hydrogen-bond acceptors (Lipinski definition) is 3. The molecule has 0 spiro atoms. The zero-order chi connectivity index (χ0) is 28.5. The second-order valence-electron chi connectivity index (χ2n) is 9.31. The molecule has 3 aromatic carbocycles. The average Bonchev–Trinajstić information content (AvgIpc) is 3.15. The van der Waals surface area contributed by atoms with Gasteiger partial charge >= 0.3 is 11.9 Å². The molecule has 0 aliphatic carbocycles. The van der Waals surface area contributed by atoms with Crippen molar-refractivity contribution in [2.45, 2.75) is 38.7 Å². The van der Waals surface area contributed by atoms with Crippen molar-refractivity contribution in [2.75, 3.05) is 0 Å². The molecular weight excluding hydrogens is 543 g/mol. The van der Waals surface area contributed by atoms with E-state index in [4.69, 9.17) is 11.6 Å². The quantitative estimate of drug-likeness (QED) is 0.290. The van der Waals surface area contributed by atoms with Crippen LogP contribution in [0.1, 0.15) is 30.5 Å². The molecule has 0 saturated carbocycles. The van der Waals surface area contributed by atoms with Gasteiger partial charge < -0.3 is 5.32 Å². The maximum atomic E-state index is 14.4. The van der Waals surface area contributed by atoms with Gasteiger partial charge in [-0.25, -0.2) is 18.3 Å². The van der Waals surface area contributed by atoms with Gasteiger partial charge in [-0.15, -0.1) is 5.10 Å². The predicted molar refractivity (Wildman–Crippen MR) is 135 cm³/mol. The first-order valence-corrected chi connectivity index (χ1v) is 12.0. The number of hydrogen-bond donors (Lipinski definition) is 1. The normalized spacial score (nSPS) is 12.0. The van der Waals surface area contributed by atoms with Crippen LogP contribution in [0.25, 0.3) is 11.4 Å². The van der Waals surface area contributed by atoms with Gasteiger partial charge in [0.25, 0.3) is 0 Å². The lowest BCUT2D eigenvalue weighted by atomic mass is 9.92. The summed E-state index contributed by atoms with van der Waals surface area (Å²) in [6.07, 6.45) is -4.56. The van der Waals surface area contributed by atoms with Crippen molar-refractivity contribution in [1.29, 1.82) is 0 Å². The number of carbonyl (C=O) groups excluding carboxylic acids is 1. The van der Waals surface area contributed by atoms with E-state index >= 15 is 0 Å². The summed E-state index contributed by atoms with van der Waals surface area (Å²) < 4.78 is 70.1. The Bertz CT molecular complexity index is 1560. The number of nitrogens with zero attached hydrogens (tertiary/aromatic N) is 3. The molecule has 0 saturated heterocycles. The number of benzene rings is 3. The number of alkyl halides is 3. The summed E-state index contributed by atoms with van der Waals surface area (Å²) in [5.74, 6) is -2.41. The average molecular weight is 565 g/mol. The van der Waals surface area contributed by atoms with E-state index in [0.717, 1.165) is 33.5 Å². The minimum atomic E-state index is -4.56. The first-order chi connectivity index (χ1) is 18.3. The number of halogens is 6. The van der Waals surface area contributed by atoms with Crippen LogP contribution in [0, 0.1) is 11.6 Å². The maximum absolute atomic E-state index is 14.4. The Labute approximate surface area is 224 Å². The second kappa shape index (κ2) is 10.6. The molecule has 0 bridgehead atoms. The van der Waals surface area contributed by atoms with Gasteiger partial charge in [0.05, 0.1) is 17.6 Å². The maximum Gasteiger partial charge on any atom is 0.416 e. The zero-order valence-electron chi connectivity index (χ0n) is 20.7. The second-order valence-corrected chi connectivity index (χ2v) is 9.75. The van der Waals surface area contributed by atoms with E-state index in [0.29, 0.717) is 10.6 Å². The fraction of sp³-hybridized carbons (Fsp3) is 0.222. The highest BCUT2D eigenvalue weighted by Gasteiger charge is 2.33. The lowest BCUT2D eigenvalue weighted by Crippen LogP contribution is -2.44. The van der Waals surface area contributed by atoms with Crippen molar-refractivity contribution in [1.82, 2.24) is 19.7 Å². The van der Waals surface area contributed by atoms with Crippen LogP contribution in [-0.4, -0.2) is 20.3 Å². The van der Waals surface area contributed by atoms with Gasteiger partial charge in [0, 0.05) is 16.1 Å². The first-order valence-electron chi connectivity index (χ1n) is 11.6. The van der Waals surface area contributed by atoms with Gasteiger partial charge in [-0.1, -0.05) is 29.8 Å². The van der Waals surface area contributed by atoms with Crippen LogP contribution in [-0.2, 0) is 29.6 Å². The lowest BCUT2D eigenvalue weighted by Gasteiger charge is -2.27. The van der Waals surface area contributed by atoms with Gasteiger partial charge in [-0.2, -0.15) is 13.2 Å². The molecule has 0 unspecified atom stereocenters. The summed E-state index contributed by atoms with van der Waals surface area (Å²) in [5.41, 5.74) is -2.71. The summed E-state index contributed by atoms with van der Waals surface area (Å²) in [7, 11) is 0. The zero-order valence-corrected chi connectivity index (χ0v) is 21.4. The van der Waals surface area contributed by atoms with Crippen LogP contribution in [0.2, 0.25) is 5.02 Å². The summed E-state index contributed by atoms with van der Waals surface area (Å²) in [6, 6.07) is 14.0. The highest BCUT2D eigenvalue weighted by Crippen LogP contribution is 2.32. The van der Waals surface area contributed by atoms with E-state index in [9.17, 15) is 31.5 Å². The summed E-state index contributed by atoms with van der Waals surface area (Å²) in [6.45, 7) is 1.92. The molecule has 4 aromatic rings. The summed E-state index contributed by atoms with van der Waals surface area (Å²) in [4.78, 5) is 26.2. The fourth-order valence-electron chi connectivity index (χ4n) is 4.02. The van der Waals surface area contributed by atoms with E-state index in [2.05, 4.69) is 10.4 Å². The first kappa shape index (κ1) is 28.0. The molecule has 0 atom stereocenters. The topological polar surface area (TPSA) is 68.9 Å². The highest BCUT2D eigenvalue weighted by molar-refractivity contribution is 6.30. The molecule has 0 radical (unpaired) electrons. The lowest BCUT2D eigenvalue weighted by molar-refractivity contribution is -0.137. The third-order valence-corrected chi connectivity index (χ3v) is 6.31.